The average molecular weight is 278 g/mol. The number of likely N-dealkylation sites (N-methyl/N-ethyl adjacent to an activating group) is 2. The summed E-state index contributed by atoms with van der Waals surface area (Å²) in [7, 11) is 4.19. The van der Waals surface area contributed by atoms with Crippen molar-refractivity contribution in [2.75, 3.05) is 27.2 Å². The van der Waals surface area contributed by atoms with E-state index >= 15 is 0 Å². The van der Waals surface area contributed by atoms with Crippen molar-refractivity contribution in [1.82, 2.24) is 20.4 Å². The molecule has 1 aromatic heterocycles. The summed E-state index contributed by atoms with van der Waals surface area (Å²) >= 11 is 0. The van der Waals surface area contributed by atoms with Crippen molar-refractivity contribution in [3.63, 3.8) is 0 Å². The number of hydrogen-bond acceptors (Lipinski definition) is 3. The van der Waals surface area contributed by atoms with Gasteiger partial charge in [0.25, 0.3) is 0 Å². The van der Waals surface area contributed by atoms with Gasteiger partial charge in [0.2, 0.25) is 0 Å². The molecule has 20 heavy (non-hydrogen) atoms. The van der Waals surface area contributed by atoms with E-state index in [4.69, 9.17) is 0 Å². The van der Waals surface area contributed by atoms with Crippen LogP contribution in [0, 0.1) is 5.92 Å². The van der Waals surface area contributed by atoms with Crippen LogP contribution in [0.1, 0.15) is 56.2 Å². The monoisotopic (exact) mass is 278 g/mol. The van der Waals surface area contributed by atoms with Crippen LogP contribution in [0.4, 0.5) is 0 Å². The second kappa shape index (κ2) is 7.79. The largest absolute Gasteiger partial charge is 0.318 e. The van der Waals surface area contributed by atoms with Crippen LogP contribution in [-0.4, -0.2) is 42.3 Å². The average Bonchev–Trinajstić information content (AvgIpc) is 2.93. The summed E-state index contributed by atoms with van der Waals surface area (Å²) < 4.78 is 0. The number of aromatic amines is 1. The molecule has 0 atom stereocenters. The lowest BCUT2D eigenvalue weighted by atomic mass is 9.79. The first-order valence-electron chi connectivity index (χ1n) is 8.10. The fourth-order valence-electron chi connectivity index (χ4n) is 3.32. The van der Waals surface area contributed by atoms with Crippen molar-refractivity contribution >= 4 is 0 Å². The maximum absolute atomic E-state index is 4.56. The zero-order valence-corrected chi connectivity index (χ0v) is 13.3. The quantitative estimate of drug-likeness (QED) is 0.806. The van der Waals surface area contributed by atoms with Gasteiger partial charge in [-0.3, -0.25) is 5.10 Å². The Hall–Kier alpha value is -0.870. The molecule has 0 amide bonds. The Labute approximate surface area is 123 Å². The Balaban J connectivity index is 1.91. The maximum Gasteiger partial charge on any atom is 0.0697 e. The number of nitrogens with one attached hydrogen (secondary N) is 2. The highest BCUT2D eigenvalue weighted by atomic mass is 15.1. The van der Waals surface area contributed by atoms with Gasteiger partial charge in [0.05, 0.1) is 5.69 Å². The Kier molecular flexibility index (Phi) is 6.05. The minimum atomic E-state index is 0.678. The molecule has 1 aromatic rings. The molecule has 0 unspecified atom stereocenters. The van der Waals surface area contributed by atoms with Crippen molar-refractivity contribution in [3.05, 3.63) is 17.5 Å². The lowest BCUT2D eigenvalue weighted by Crippen LogP contribution is -2.27. The molecule has 4 nitrogen and oxygen atoms in total. The first-order chi connectivity index (χ1) is 9.74. The maximum atomic E-state index is 4.56. The van der Waals surface area contributed by atoms with Gasteiger partial charge in [-0.1, -0.05) is 13.3 Å². The number of nitrogens with zero attached hydrogens (tertiary/aromatic N) is 2. The third-order valence-electron chi connectivity index (χ3n) is 4.75. The van der Waals surface area contributed by atoms with Crippen LogP contribution in [0.5, 0.6) is 0 Å². The minimum absolute atomic E-state index is 0.678. The molecule has 1 heterocycles. The second-order valence-corrected chi connectivity index (χ2v) is 6.26. The standard InChI is InChI=1S/C16H30N4/c1-4-13-5-7-14(8-6-13)16-15(11-18-19-16)12-20(3)10-9-17-2/h11,13-14,17H,4-10,12H2,1-3H3,(H,18,19)/t13-,14+. The molecule has 2 rings (SSSR count). The summed E-state index contributed by atoms with van der Waals surface area (Å²) in [5.41, 5.74) is 2.72. The summed E-state index contributed by atoms with van der Waals surface area (Å²) in [4.78, 5) is 2.36. The van der Waals surface area contributed by atoms with Gasteiger partial charge in [-0.15, -0.1) is 0 Å². The molecule has 1 saturated carbocycles. The van der Waals surface area contributed by atoms with Gasteiger partial charge in [0.1, 0.15) is 0 Å². The predicted molar refractivity (Wildman–Crippen MR) is 83.8 cm³/mol. The van der Waals surface area contributed by atoms with Crippen LogP contribution in [-0.2, 0) is 6.54 Å². The molecule has 0 radical (unpaired) electrons. The zero-order valence-electron chi connectivity index (χ0n) is 13.3. The van der Waals surface area contributed by atoms with Gasteiger partial charge in [-0.25, -0.2) is 0 Å². The lowest BCUT2D eigenvalue weighted by molar-refractivity contribution is 0.306. The van der Waals surface area contributed by atoms with Crippen molar-refractivity contribution in [1.29, 1.82) is 0 Å². The van der Waals surface area contributed by atoms with Gasteiger partial charge in [-0.2, -0.15) is 5.10 Å². The molecule has 4 heteroatoms. The molecule has 0 aromatic carbocycles. The molecule has 114 valence electrons. The van der Waals surface area contributed by atoms with Crippen molar-refractivity contribution in [3.8, 4) is 0 Å². The normalized spacial score (nSPS) is 23.4. The van der Waals surface area contributed by atoms with E-state index in [1.807, 2.05) is 7.05 Å². The van der Waals surface area contributed by atoms with E-state index < -0.39 is 0 Å². The molecular formula is C16H30N4. The topological polar surface area (TPSA) is 44.0 Å². The fourth-order valence-corrected chi connectivity index (χ4v) is 3.32. The van der Waals surface area contributed by atoms with Gasteiger partial charge in [-0.05, 0) is 45.7 Å². The lowest BCUT2D eigenvalue weighted by Gasteiger charge is -2.27. The first-order valence-corrected chi connectivity index (χ1v) is 8.10. The summed E-state index contributed by atoms with van der Waals surface area (Å²) in [6.45, 7) is 5.43. The summed E-state index contributed by atoms with van der Waals surface area (Å²) in [5, 5.41) is 10.8. The molecule has 1 aliphatic rings. The molecule has 0 saturated heterocycles. The molecule has 0 bridgehead atoms. The van der Waals surface area contributed by atoms with E-state index in [1.165, 1.54) is 43.4 Å². The molecule has 0 aliphatic heterocycles. The second-order valence-electron chi connectivity index (χ2n) is 6.26. The van der Waals surface area contributed by atoms with E-state index in [-0.39, 0.29) is 0 Å². The van der Waals surface area contributed by atoms with E-state index in [0.717, 1.165) is 25.6 Å². The highest BCUT2D eigenvalue weighted by molar-refractivity contribution is 5.21. The van der Waals surface area contributed by atoms with Gasteiger partial charge >= 0.3 is 0 Å². The molecule has 1 fully saturated rings. The molecule has 2 N–H and O–H groups in total. The van der Waals surface area contributed by atoms with E-state index in [9.17, 15) is 0 Å². The van der Waals surface area contributed by atoms with Crippen LogP contribution >= 0.6 is 0 Å². The van der Waals surface area contributed by atoms with E-state index in [2.05, 4.69) is 40.6 Å². The Morgan fingerprint density at radius 3 is 2.75 bits per heavy atom. The van der Waals surface area contributed by atoms with Crippen LogP contribution in [0.3, 0.4) is 0 Å². The van der Waals surface area contributed by atoms with E-state index in [0.29, 0.717) is 5.92 Å². The summed E-state index contributed by atoms with van der Waals surface area (Å²) in [6.07, 6.45) is 8.82. The number of H-pyrrole nitrogens is 1. The van der Waals surface area contributed by atoms with Gasteiger partial charge in [0, 0.05) is 37.3 Å². The van der Waals surface area contributed by atoms with Crippen LogP contribution in [0.25, 0.3) is 0 Å². The number of rotatable bonds is 7. The predicted octanol–water partition coefficient (Wildman–Crippen LogP) is 2.74. The van der Waals surface area contributed by atoms with Crippen molar-refractivity contribution in [2.24, 2.45) is 5.92 Å². The molecule has 1 aliphatic carbocycles. The third-order valence-corrected chi connectivity index (χ3v) is 4.75. The summed E-state index contributed by atoms with van der Waals surface area (Å²) in [5.74, 6) is 1.63. The highest BCUT2D eigenvalue weighted by Gasteiger charge is 2.25. The molecular weight excluding hydrogens is 248 g/mol. The van der Waals surface area contributed by atoms with Crippen LogP contribution in [0.15, 0.2) is 6.20 Å². The third kappa shape index (κ3) is 4.06. The SMILES string of the molecule is CC[C@H]1CC[C@@H](c2n[nH]cc2CN(C)CCNC)CC1. The number of hydrogen-bond donors (Lipinski definition) is 2. The van der Waals surface area contributed by atoms with E-state index in [1.54, 1.807) is 0 Å². The smallest absolute Gasteiger partial charge is 0.0697 e. The molecule has 0 spiro atoms. The Morgan fingerprint density at radius 2 is 2.10 bits per heavy atom. The highest BCUT2D eigenvalue weighted by Crippen LogP contribution is 2.37. The summed E-state index contributed by atoms with van der Waals surface area (Å²) in [6, 6.07) is 0. The van der Waals surface area contributed by atoms with Crippen molar-refractivity contribution in [2.45, 2.75) is 51.5 Å². The fraction of sp³-hybridized carbons (Fsp3) is 0.812. The first kappa shape index (κ1) is 15.5. The van der Waals surface area contributed by atoms with Gasteiger partial charge in [0.15, 0.2) is 0 Å². The van der Waals surface area contributed by atoms with Gasteiger partial charge < -0.3 is 10.2 Å². The zero-order chi connectivity index (χ0) is 14.4. The van der Waals surface area contributed by atoms with Crippen LogP contribution in [0.2, 0.25) is 0 Å². The Bertz CT molecular complexity index is 380. The van der Waals surface area contributed by atoms with Crippen LogP contribution < -0.4 is 5.32 Å². The minimum Gasteiger partial charge on any atom is -0.318 e. The number of aromatic nitrogens is 2. The van der Waals surface area contributed by atoms with Crippen molar-refractivity contribution < 1.29 is 0 Å². The Morgan fingerprint density at radius 1 is 1.35 bits per heavy atom.